The monoisotopic (exact) mass is 384 g/mol. The summed E-state index contributed by atoms with van der Waals surface area (Å²) in [7, 11) is 1.62. The molecule has 1 aliphatic rings. The molecule has 0 spiro atoms. The highest BCUT2D eigenvalue weighted by molar-refractivity contribution is 5.91. The smallest absolute Gasteiger partial charge is 0.376 e. The van der Waals surface area contributed by atoms with Crippen molar-refractivity contribution in [2.24, 2.45) is 0 Å². The van der Waals surface area contributed by atoms with Crippen molar-refractivity contribution in [2.45, 2.75) is 18.8 Å². The van der Waals surface area contributed by atoms with Gasteiger partial charge in [-0.3, -0.25) is 4.79 Å². The molecular formula is C17H19F3N4O3. The predicted molar refractivity (Wildman–Crippen MR) is 88.1 cm³/mol. The van der Waals surface area contributed by atoms with Gasteiger partial charge in [0.15, 0.2) is 5.69 Å². The molecule has 10 heteroatoms. The minimum absolute atomic E-state index is 0.0769. The molecule has 1 aliphatic heterocycles. The molecule has 2 heterocycles. The Balaban J connectivity index is 1.63. The molecule has 1 saturated heterocycles. The zero-order valence-electron chi connectivity index (χ0n) is 14.6. The van der Waals surface area contributed by atoms with E-state index in [9.17, 15) is 18.0 Å². The second kappa shape index (κ2) is 8.05. The molecule has 2 aromatic rings. The molecule has 1 atom stereocenters. The summed E-state index contributed by atoms with van der Waals surface area (Å²) in [6, 6.07) is 4.95. The van der Waals surface area contributed by atoms with E-state index in [1.165, 1.54) is 21.8 Å². The standard InChI is InChI=1S/C17H19F3N4O3/c1-23(9-14-11-26-5-6-27-14)16(25)15-10-24(22-21-15)8-12-3-2-4-13(7-12)17(18,19)20/h2-4,7,10,14H,5-6,8-9,11H2,1H3/t14-/m1/s1. The number of carbonyl (C=O) groups is 1. The molecule has 1 aromatic carbocycles. The Labute approximate surface area is 153 Å². The zero-order valence-corrected chi connectivity index (χ0v) is 14.6. The minimum atomic E-state index is -4.41. The zero-order chi connectivity index (χ0) is 19.4. The SMILES string of the molecule is CN(C[C@@H]1COCCO1)C(=O)c1cn(Cc2cccc(C(F)(F)F)c2)nn1. The molecule has 1 amide bonds. The highest BCUT2D eigenvalue weighted by Gasteiger charge is 2.30. The molecule has 0 saturated carbocycles. The van der Waals surface area contributed by atoms with Crippen molar-refractivity contribution in [1.29, 1.82) is 0 Å². The van der Waals surface area contributed by atoms with Crippen LogP contribution in [0, 0.1) is 0 Å². The van der Waals surface area contributed by atoms with Gasteiger partial charge in [-0.15, -0.1) is 5.10 Å². The molecule has 0 bridgehead atoms. The van der Waals surface area contributed by atoms with Gasteiger partial charge in [-0.1, -0.05) is 17.3 Å². The fourth-order valence-electron chi connectivity index (χ4n) is 2.73. The van der Waals surface area contributed by atoms with Crippen LogP contribution in [0.15, 0.2) is 30.5 Å². The van der Waals surface area contributed by atoms with Crippen LogP contribution in [0.1, 0.15) is 21.6 Å². The Morgan fingerprint density at radius 3 is 2.89 bits per heavy atom. The van der Waals surface area contributed by atoms with Gasteiger partial charge in [0.1, 0.15) is 0 Å². The van der Waals surface area contributed by atoms with E-state index < -0.39 is 11.7 Å². The molecule has 7 nitrogen and oxygen atoms in total. The van der Waals surface area contributed by atoms with E-state index in [-0.39, 0.29) is 24.2 Å². The third-order valence-electron chi connectivity index (χ3n) is 4.07. The topological polar surface area (TPSA) is 69.5 Å². The van der Waals surface area contributed by atoms with Gasteiger partial charge in [-0.05, 0) is 17.7 Å². The van der Waals surface area contributed by atoms with E-state index in [0.29, 0.717) is 31.9 Å². The minimum Gasteiger partial charge on any atom is -0.376 e. The van der Waals surface area contributed by atoms with Crippen molar-refractivity contribution in [2.75, 3.05) is 33.4 Å². The molecule has 0 aliphatic carbocycles. The maximum atomic E-state index is 12.8. The average Bonchev–Trinajstić information content (AvgIpc) is 3.10. The first-order valence-corrected chi connectivity index (χ1v) is 8.34. The Bertz CT molecular complexity index is 788. The summed E-state index contributed by atoms with van der Waals surface area (Å²) in [5.41, 5.74) is -0.207. The van der Waals surface area contributed by atoms with Gasteiger partial charge < -0.3 is 14.4 Å². The molecule has 146 valence electrons. The molecule has 0 unspecified atom stereocenters. The van der Waals surface area contributed by atoms with Crippen LogP contribution in [0.2, 0.25) is 0 Å². The number of benzene rings is 1. The van der Waals surface area contributed by atoms with Crippen molar-refractivity contribution < 1.29 is 27.4 Å². The molecule has 1 fully saturated rings. The predicted octanol–water partition coefficient (Wildman–Crippen LogP) is 1.83. The van der Waals surface area contributed by atoms with E-state index in [1.807, 2.05) is 0 Å². The molecular weight excluding hydrogens is 365 g/mol. The number of amides is 1. The van der Waals surface area contributed by atoms with Crippen molar-refractivity contribution in [3.63, 3.8) is 0 Å². The molecule has 0 radical (unpaired) electrons. The first-order chi connectivity index (χ1) is 12.8. The lowest BCUT2D eigenvalue weighted by Gasteiger charge is -2.27. The highest BCUT2D eigenvalue weighted by Crippen LogP contribution is 2.29. The van der Waals surface area contributed by atoms with E-state index in [4.69, 9.17) is 9.47 Å². The largest absolute Gasteiger partial charge is 0.416 e. The van der Waals surface area contributed by atoms with Crippen LogP contribution in [0.3, 0.4) is 0 Å². The first kappa shape index (κ1) is 19.3. The third-order valence-corrected chi connectivity index (χ3v) is 4.07. The molecule has 1 aromatic heterocycles. The summed E-state index contributed by atoms with van der Waals surface area (Å²) < 4.78 is 50.5. The second-order valence-corrected chi connectivity index (χ2v) is 6.25. The Kier molecular flexibility index (Phi) is 5.76. The van der Waals surface area contributed by atoms with Crippen molar-refractivity contribution in [3.8, 4) is 0 Å². The summed E-state index contributed by atoms with van der Waals surface area (Å²) in [6.07, 6.45) is -3.20. The van der Waals surface area contributed by atoms with E-state index in [0.717, 1.165) is 12.1 Å². The number of alkyl halides is 3. The van der Waals surface area contributed by atoms with Gasteiger partial charge in [0.25, 0.3) is 5.91 Å². The van der Waals surface area contributed by atoms with Gasteiger partial charge in [0.2, 0.25) is 0 Å². The van der Waals surface area contributed by atoms with Crippen LogP contribution in [0.25, 0.3) is 0 Å². The van der Waals surface area contributed by atoms with Gasteiger partial charge in [-0.25, -0.2) is 4.68 Å². The number of nitrogens with zero attached hydrogens (tertiary/aromatic N) is 4. The van der Waals surface area contributed by atoms with E-state index >= 15 is 0 Å². The maximum absolute atomic E-state index is 12.8. The fourth-order valence-corrected chi connectivity index (χ4v) is 2.73. The first-order valence-electron chi connectivity index (χ1n) is 8.34. The number of hydrogen-bond donors (Lipinski definition) is 0. The van der Waals surface area contributed by atoms with Gasteiger partial charge in [0.05, 0.1) is 44.2 Å². The van der Waals surface area contributed by atoms with Gasteiger partial charge in [-0.2, -0.15) is 13.2 Å². The summed E-state index contributed by atoms with van der Waals surface area (Å²) in [4.78, 5) is 13.9. The number of carbonyl (C=O) groups excluding carboxylic acids is 1. The molecule has 3 rings (SSSR count). The lowest BCUT2D eigenvalue weighted by atomic mass is 10.1. The average molecular weight is 384 g/mol. The highest BCUT2D eigenvalue weighted by atomic mass is 19.4. The number of likely N-dealkylation sites (N-methyl/N-ethyl adjacent to an activating group) is 1. The number of rotatable bonds is 5. The summed E-state index contributed by atoms with van der Waals surface area (Å²) >= 11 is 0. The summed E-state index contributed by atoms with van der Waals surface area (Å²) in [5, 5.41) is 7.66. The van der Waals surface area contributed by atoms with Crippen molar-refractivity contribution >= 4 is 5.91 Å². The Morgan fingerprint density at radius 1 is 1.37 bits per heavy atom. The number of aromatic nitrogens is 3. The second-order valence-electron chi connectivity index (χ2n) is 6.25. The number of halogens is 3. The number of hydrogen-bond acceptors (Lipinski definition) is 5. The van der Waals surface area contributed by atoms with E-state index in [2.05, 4.69) is 10.3 Å². The number of ether oxygens (including phenoxy) is 2. The van der Waals surface area contributed by atoms with Crippen LogP contribution in [-0.4, -0.2) is 65.3 Å². The van der Waals surface area contributed by atoms with Gasteiger partial charge >= 0.3 is 6.18 Å². The third kappa shape index (κ3) is 5.04. The lowest BCUT2D eigenvalue weighted by molar-refractivity contribution is -0.137. The summed E-state index contributed by atoms with van der Waals surface area (Å²) in [5.74, 6) is -0.348. The van der Waals surface area contributed by atoms with Crippen molar-refractivity contribution in [3.05, 3.63) is 47.3 Å². The Morgan fingerprint density at radius 2 is 2.19 bits per heavy atom. The van der Waals surface area contributed by atoms with Crippen LogP contribution in [-0.2, 0) is 22.2 Å². The van der Waals surface area contributed by atoms with E-state index in [1.54, 1.807) is 13.1 Å². The fraction of sp³-hybridized carbons (Fsp3) is 0.471. The van der Waals surface area contributed by atoms with Crippen LogP contribution >= 0.6 is 0 Å². The Hall–Kier alpha value is -2.46. The normalized spacial score (nSPS) is 17.7. The van der Waals surface area contributed by atoms with Crippen LogP contribution in [0.4, 0.5) is 13.2 Å². The molecule has 27 heavy (non-hydrogen) atoms. The quantitative estimate of drug-likeness (QED) is 0.787. The van der Waals surface area contributed by atoms with Crippen molar-refractivity contribution in [1.82, 2.24) is 19.9 Å². The van der Waals surface area contributed by atoms with Gasteiger partial charge in [0, 0.05) is 13.6 Å². The van der Waals surface area contributed by atoms with Crippen LogP contribution < -0.4 is 0 Å². The summed E-state index contributed by atoms with van der Waals surface area (Å²) in [6.45, 7) is 1.87. The molecule has 0 N–H and O–H groups in total. The maximum Gasteiger partial charge on any atom is 0.416 e. The lowest BCUT2D eigenvalue weighted by Crippen LogP contribution is -2.40. The van der Waals surface area contributed by atoms with Crippen LogP contribution in [0.5, 0.6) is 0 Å².